The molecule has 0 unspecified atom stereocenters. The van der Waals surface area contributed by atoms with E-state index in [4.69, 9.17) is 4.74 Å². The average molecular weight is 181 g/mol. The minimum atomic E-state index is 0. The summed E-state index contributed by atoms with van der Waals surface area (Å²) in [6.07, 6.45) is 0. The smallest absolute Gasteiger partial charge is 0.123 e. The van der Waals surface area contributed by atoms with Gasteiger partial charge in [-0.1, -0.05) is 32.0 Å². The maximum absolute atomic E-state index is 5.24. The lowest BCUT2D eigenvalue weighted by atomic mass is 10.2. The third kappa shape index (κ3) is 3.07. The van der Waals surface area contributed by atoms with E-state index < -0.39 is 0 Å². The molecule has 74 valence electrons. The normalized spacial score (nSPS) is 10.5. The highest BCUT2D eigenvalue weighted by Gasteiger charge is 2.00. The summed E-state index contributed by atoms with van der Waals surface area (Å²) in [5.41, 5.74) is 1.21. The van der Waals surface area contributed by atoms with E-state index in [-0.39, 0.29) is 1.43 Å². The highest BCUT2D eigenvalue weighted by atomic mass is 16.5. The molecule has 0 amide bonds. The minimum Gasteiger partial charge on any atom is -0.496 e. The third-order valence-electron chi connectivity index (χ3n) is 1.89. The molecule has 0 atom stereocenters. The summed E-state index contributed by atoms with van der Waals surface area (Å²) in [6.45, 7) is 5.13. The van der Waals surface area contributed by atoms with Gasteiger partial charge in [0, 0.05) is 19.6 Å². The Balaban J connectivity index is 0.00000169. The van der Waals surface area contributed by atoms with Crippen molar-refractivity contribution in [2.24, 2.45) is 0 Å². The molecule has 1 aromatic carbocycles. The van der Waals surface area contributed by atoms with Gasteiger partial charge in [0.15, 0.2) is 0 Å². The second-order valence-corrected chi connectivity index (χ2v) is 3.35. The van der Waals surface area contributed by atoms with Crippen LogP contribution in [0.15, 0.2) is 24.3 Å². The zero-order valence-corrected chi connectivity index (χ0v) is 8.50. The van der Waals surface area contributed by atoms with Gasteiger partial charge in [-0.3, -0.25) is 0 Å². The van der Waals surface area contributed by atoms with Crippen LogP contribution in [-0.2, 0) is 6.54 Å². The zero-order chi connectivity index (χ0) is 9.68. The van der Waals surface area contributed by atoms with Gasteiger partial charge in [0.1, 0.15) is 5.75 Å². The molecular weight excluding hydrogens is 162 g/mol. The third-order valence-corrected chi connectivity index (χ3v) is 1.89. The highest BCUT2D eigenvalue weighted by Crippen LogP contribution is 2.16. The molecule has 0 radical (unpaired) electrons. The Morgan fingerprint density at radius 3 is 2.69 bits per heavy atom. The fourth-order valence-electron chi connectivity index (χ4n) is 1.16. The molecule has 0 fully saturated rings. The standard InChI is InChI=1S/C11H17NO.H2/c1-9(2)12-8-10-6-4-5-7-11(10)13-3;/h4-7,9,12H,8H2,1-3H3;1H. The molecule has 2 heteroatoms. The number of para-hydroxylation sites is 1. The first kappa shape index (κ1) is 10.1. The molecule has 1 N–H and O–H groups in total. The summed E-state index contributed by atoms with van der Waals surface area (Å²) in [4.78, 5) is 0. The number of hydrogen-bond donors (Lipinski definition) is 1. The largest absolute Gasteiger partial charge is 0.496 e. The maximum Gasteiger partial charge on any atom is 0.123 e. The average Bonchev–Trinajstić information content (AvgIpc) is 2.15. The Bertz CT molecular complexity index is 263. The Hall–Kier alpha value is -1.02. The van der Waals surface area contributed by atoms with Crippen LogP contribution in [0, 0.1) is 0 Å². The molecule has 13 heavy (non-hydrogen) atoms. The van der Waals surface area contributed by atoms with Crippen molar-refractivity contribution in [2.45, 2.75) is 26.4 Å². The van der Waals surface area contributed by atoms with Crippen LogP contribution in [0.25, 0.3) is 0 Å². The molecule has 1 rings (SSSR count). The molecule has 0 aliphatic rings. The van der Waals surface area contributed by atoms with E-state index in [1.807, 2.05) is 18.2 Å². The van der Waals surface area contributed by atoms with Crippen molar-refractivity contribution in [2.75, 3.05) is 7.11 Å². The lowest BCUT2D eigenvalue weighted by Gasteiger charge is -2.11. The number of hydrogen-bond acceptors (Lipinski definition) is 2. The molecule has 0 aliphatic heterocycles. The number of nitrogens with one attached hydrogen (secondary N) is 1. The van der Waals surface area contributed by atoms with E-state index in [1.54, 1.807) is 7.11 Å². The van der Waals surface area contributed by atoms with Crippen LogP contribution in [0.2, 0.25) is 0 Å². The van der Waals surface area contributed by atoms with Gasteiger partial charge < -0.3 is 10.1 Å². The van der Waals surface area contributed by atoms with Gasteiger partial charge in [0.2, 0.25) is 0 Å². The van der Waals surface area contributed by atoms with Crippen LogP contribution in [-0.4, -0.2) is 13.2 Å². The summed E-state index contributed by atoms with van der Waals surface area (Å²) >= 11 is 0. The molecule has 1 aromatic rings. The van der Waals surface area contributed by atoms with Crippen molar-refractivity contribution in [3.8, 4) is 5.75 Å². The van der Waals surface area contributed by atoms with E-state index in [0.29, 0.717) is 6.04 Å². The molecule has 0 aromatic heterocycles. The summed E-state index contributed by atoms with van der Waals surface area (Å²) in [5, 5.41) is 3.36. The van der Waals surface area contributed by atoms with Crippen LogP contribution in [0.5, 0.6) is 5.75 Å². The van der Waals surface area contributed by atoms with Gasteiger partial charge in [-0.15, -0.1) is 0 Å². The summed E-state index contributed by atoms with van der Waals surface area (Å²) < 4.78 is 5.24. The fourth-order valence-corrected chi connectivity index (χ4v) is 1.16. The van der Waals surface area contributed by atoms with Gasteiger partial charge >= 0.3 is 0 Å². The van der Waals surface area contributed by atoms with Crippen molar-refractivity contribution in [1.29, 1.82) is 0 Å². The molecule has 0 bridgehead atoms. The van der Waals surface area contributed by atoms with Gasteiger partial charge in [0.25, 0.3) is 0 Å². The van der Waals surface area contributed by atoms with E-state index >= 15 is 0 Å². The van der Waals surface area contributed by atoms with Crippen molar-refractivity contribution in [3.63, 3.8) is 0 Å². The summed E-state index contributed by atoms with van der Waals surface area (Å²) in [6, 6.07) is 8.58. The van der Waals surface area contributed by atoms with E-state index in [9.17, 15) is 0 Å². The first-order valence-electron chi connectivity index (χ1n) is 4.59. The molecule has 0 spiro atoms. The Kier molecular flexibility index (Phi) is 3.77. The van der Waals surface area contributed by atoms with Gasteiger partial charge in [-0.2, -0.15) is 0 Å². The Morgan fingerprint density at radius 1 is 1.38 bits per heavy atom. The van der Waals surface area contributed by atoms with Crippen LogP contribution in [0.1, 0.15) is 20.8 Å². The first-order valence-corrected chi connectivity index (χ1v) is 4.59. The van der Waals surface area contributed by atoms with Crippen molar-refractivity contribution in [1.82, 2.24) is 5.32 Å². The second kappa shape index (κ2) is 4.87. The molecule has 0 saturated carbocycles. The second-order valence-electron chi connectivity index (χ2n) is 3.35. The number of rotatable bonds is 4. The predicted octanol–water partition coefficient (Wildman–Crippen LogP) is 2.44. The molecule has 0 heterocycles. The number of benzene rings is 1. The Labute approximate surface area is 81.4 Å². The molecular formula is C11H19NO. The van der Waals surface area contributed by atoms with E-state index in [0.717, 1.165) is 12.3 Å². The van der Waals surface area contributed by atoms with Gasteiger partial charge in [-0.05, 0) is 6.07 Å². The quantitative estimate of drug-likeness (QED) is 0.770. The van der Waals surface area contributed by atoms with Crippen LogP contribution < -0.4 is 10.1 Å². The lowest BCUT2D eigenvalue weighted by molar-refractivity contribution is 0.406. The predicted molar refractivity (Wildman–Crippen MR) is 57.1 cm³/mol. The summed E-state index contributed by atoms with van der Waals surface area (Å²) in [5.74, 6) is 0.954. The van der Waals surface area contributed by atoms with Gasteiger partial charge in [-0.25, -0.2) is 0 Å². The lowest BCUT2D eigenvalue weighted by Crippen LogP contribution is -2.22. The van der Waals surface area contributed by atoms with Crippen molar-refractivity contribution in [3.05, 3.63) is 29.8 Å². The van der Waals surface area contributed by atoms with Crippen molar-refractivity contribution < 1.29 is 6.16 Å². The molecule has 0 aliphatic carbocycles. The zero-order valence-electron chi connectivity index (χ0n) is 8.50. The SMILES string of the molecule is COc1ccccc1CNC(C)C.[HH]. The van der Waals surface area contributed by atoms with E-state index in [1.165, 1.54) is 5.56 Å². The fraction of sp³-hybridized carbons (Fsp3) is 0.455. The number of ether oxygens (including phenoxy) is 1. The van der Waals surface area contributed by atoms with Crippen LogP contribution in [0.4, 0.5) is 0 Å². The first-order chi connectivity index (χ1) is 6.24. The summed E-state index contributed by atoms with van der Waals surface area (Å²) in [7, 11) is 1.70. The van der Waals surface area contributed by atoms with Gasteiger partial charge in [0.05, 0.1) is 7.11 Å². The van der Waals surface area contributed by atoms with Crippen LogP contribution in [0.3, 0.4) is 0 Å². The number of methoxy groups -OCH3 is 1. The van der Waals surface area contributed by atoms with Crippen molar-refractivity contribution >= 4 is 0 Å². The van der Waals surface area contributed by atoms with E-state index in [2.05, 4.69) is 25.2 Å². The minimum absolute atomic E-state index is 0. The topological polar surface area (TPSA) is 21.3 Å². The maximum atomic E-state index is 5.24. The Morgan fingerprint density at radius 2 is 2.08 bits per heavy atom. The molecule has 2 nitrogen and oxygen atoms in total. The van der Waals surface area contributed by atoms with Crippen LogP contribution >= 0.6 is 0 Å². The molecule has 0 saturated heterocycles. The monoisotopic (exact) mass is 181 g/mol. The highest BCUT2D eigenvalue weighted by molar-refractivity contribution is 5.32.